The first kappa shape index (κ1) is 30.0. The van der Waals surface area contributed by atoms with Crippen LogP contribution in [0.25, 0.3) is 0 Å². The molecule has 0 spiro atoms. The van der Waals surface area contributed by atoms with E-state index in [2.05, 4.69) is 4.98 Å². The maximum absolute atomic E-state index is 15.8. The van der Waals surface area contributed by atoms with E-state index in [1.54, 1.807) is 6.07 Å². The topological polar surface area (TPSA) is 132 Å². The number of nitrogens with one attached hydrogen (secondary N) is 1. The number of fused-ring (bicyclic) bond motifs is 1. The Bertz CT molecular complexity index is 1460. The number of ether oxygens (including phenoxy) is 1. The van der Waals surface area contributed by atoms with Crippen molar-refractivity contribution >= 4 is 20.0 Å². The summed E-state index contributed by atoms with van der Waals surface area (Å²) in [4.78, 5) is 14.2. The summed E-state index contributed by atoms with van der Waals surface area (Å²) >= 11 is 5.07. The van der Waals surface area contributed by atoms with E-state index in [4.69, 9.17) is 30.5 Å². The summed E-state index contributed by atoms with van der Waals surface area (Å²) in [5.41, 5.74) is -0.337. The Morgan fingerprint density at radius 3 is 2.44 bits per heavy atom. The molecule has 1 unspecified atom stereocenters. The highest BCUT2D eigenvalue weighted by Gasteiger charge is 2.57. The molecule has 2 aliphatic heterocycles. The number of halogens is 2. The molecular formula is C25H33F2N2O8PS. The molecular weight excluding hydrogens is 557 g/mol. The molecule has 3 N–H and O–H groups in total. The number of alkyl halides is 1. The van der Waals surface area contributed by atoms with E-state index in [1.165, 1.54) is 13.1 Å². The van der Waals surface area contributed by atoms with Gasteiger partial charge in [0.05, 0.1) is 12.2 Å². The zero-order chi connectivity index (χ0) is 29.3. The van der Waals surface area contributed by atoms with E-state index in [1.807, 2.05) is 41.5 Å². The quantitative estimate of drug-likeness (QED) is 0.345. The lowest BCUT2D eigenvalue weighted by Gasteiger charge is -2.34. The van der Waals surface area contributed by atoms with E-state index in [-0.39, 0.29) is 21.6 Å². The number of hydrogen-bond donors (Lipinski definition) is 3. The summed E-state index contributed by atoms with van der Waals surface area (Å²) in [6.45, 7) is 11.0. The standard InChI is InChI=1S/C25H33F2N2O8PS/c1-12-9-29(22(39)28-20(12)32)21-17(30)19(31)25(27,36-21)11-35-38(33)34-10-13-16(26)14(23(2,3)4)8-15(18(13)37-38)24(5,6)7/h8-9,17,19,21,30-31H,10-11H2,1-7H3,(H,28,32,39)/t17-,19+,21-,25-,38?/m1/s1. The zero-order valence-corrected chi connectivity index (χ0v) is 24.4. The lowest BCUT2D eigenvalue weighted by molar-refractivity contribution is -0.205. The van der Waals surface area contributed by atoms with E-state index in [0.29, 0.717) is 11.1 Å². The Labute approximate surface area is 229 Å². The van der Waals surface area contributed by atoms with E-state index in [0.717, 1.165) is 4.57 Å². The highest BCUT2D eigenvalue weighted by atomic mass is 32.1. The second kappa shape index (κ2) is 9.83. The molecule has 2 aromatic rings. The van der Waals surface area contributed by atoms with E-state index >= 15 is 8.78 Å². The van der Waals surface area contributed by atoms with Crippen LogP contribution < -0.4 is 10.1 Å². The summed E-state index contributed by atoms with van der Waals surface area (Å²) in [5, 5.41) is 21.0. The zero-order valence-electron chi connectivity index (χ0n) is 22.7. The minimum absolute atomic E-state index is 0.0173. The van der Waals surface area contributed by atoms with Gasteiger partial charge >= 0.3 is 7.82 Å². The van der Waals surface area contributed by atoms with Gasteiger partial charge in [-0.25, -0.2) is 13.3 Å². The van der Waals surface area contributed by atoms with Crippen LogP contribution in [0.15, 0.2) is 17.1 Å². The monoisotopic (exact) mass is 590 g/mol. The van der Waals surface area contributed by atoms with Crippen LogP contribution in [0.3, 0.4) is 0 Å². The summed E-state index contributed by atoms with van der Waals surface area (Å²) < 4.78 is 67.0. The number of nitrogens with zero attached hydrogens (tertiary/aromatic N) is 1. The van der Waals surface area contributed by atoms with Crippen molar-refractivity contribution in [2.45, 2.75) is 90.2 Å². The number of aromatic amines is 1. The molecule has 0 saturated carbocycles. The van der Waals surface area contributed by atoms with Gasteiger partial charge in [0, 0.05) is 17.3 Å². The maximum Gasteiger partial charge on any atom is 0.530 e. The number of rotatable bonds is 4. The van der Waals surface area contributed by atoms with Crippen molar-refractivity contribution in [1.82, 2.24) is 9.55 Å². The fourth-order valence-electron chi connectivity index (χ4n) is 4.41. The van der Waals surface area contributed by atoms with Crippen LogP contribution in [0.1, 0.15) is 70.0 Å². The molecule has 0 amide bonds. The van der Waals surface area contributed by atoms with Crippen LogP contribution >= 0.6 is 20.0 Å². The summed E-state index contributed by atoms with van der Waals surface area (Å²) in [7, 11) is -4.53. The fraction of sp³-hybridized carbons (Fsp3) is 0.600. The van der Waals surface area contributed by atoms with Crippen LogP contribution in [0, 0.1) is 17.5 Å². The normalized spacial score (nSPS) is 29.3. The van der Waals surface area contributed by atoms with Gasteiger partial charge in [-0.15, -0.1) is 0 Å². The summed E-state index contributed by atoms with van der Waals surface area (Å²) in [5.74, 6) is -3.65. The van der Waals surface area contributed by atoms with Crippen LogP contribution in [0.5, 0.6) is 5.75 Å². The molecule has 1 saturated heterocycles. The molecule has 10 nitrogen and oxygen atoms in total. The highest BCUT2D eigenvalue weighted by molar-refractivity contribution is 7.71. The van der Waals surface area contributed by atoms with E-state index in [9.17, 15) is 19.6 Å². The fourth-order valence-corrected chi connectivity index (χ4v) is 5.90. The van der Waals surface area contributed by atoms with Crippen molar-refractivity contribution in [1.29, 1.82) is 0 Å². The smallest absolute Gasteiger partial charge is 0.403 e. The number of aromatic nitrogens is 2. The molecule has 1 aromatic carbocycles. The molecule has 5 atom stereocenters. The van der Waals surface area contributed by atoms with Crippen molar-refractivity contribution < 1.29 is 41.9 Å². The average molecular weight is 591 g/mol. The maximum atomic E-state index is 15.8. The summed E-state index contributed by atoms with van der Waals surface area (Å²) in [6, 6.07) is 1.65. The second-order valence-electron chi connectivity index (χ2n) is 11.9. The van der Waals surface area contributed by atoms with Gasteiger partial charge < -0.3 is 19.5 Å². The van der Waals surface area contributed by atoms with Crippen LogP contribution in [0.2, 0.25) is 0 Å². The van der Waals surface area contributed by atoms with Crippen molar-refractivity contribution in [2.24, 2.45) is 0 Å². The third-order valence-corrected chi connectivity index (χ3v) is 8.32. The third-order valence-electron chi connectivity index (χ3n) is 6.71. The minimum atomic E-state index is -4.53. The van der Waals surface area contributed by atoms with Crippen molar-refractivity contribution in [3.63, 3.8) is 0 Å². The molecule has 4 rings (SSSR count). The lowest BCUT2D eigenvalue weighted by Crippen LogP contribution is -2.43. The Hall–Kier alpha value is -1.99. The highest BCUT2D eigenvalue weighted by Crippen LogP contribution is 2.58. The predicted molar refractivity (Wildman–Crippen MR) is 139 cm³/mol. The largest absolute Gasteiger partial charge is 0.530 e. The van der Waals surface area contributed by atoms with Crippen molar-refractivity contribution in [3.8, 4) is 5.75 Å². The first-order chi connectivity index (χ1) is 17.8. The molecule has 1 aromatic heterocycles. The van der Waals surface area contributed by atoms with E-state index < -0.39 is 67.5 Å². The first-order valence-electron chi connectivity index (χ1n) is 12.3. The minimum Gasteiger partial charge on any atom is -0.403 e. The van der Waals surface area contributed by atoms with Gasteiger partial charge in [0.1, 0.15) is 30.4 Å². The summed E-state index contributed by atoms with van der Waals surface area (Å²) in [6.07, 6.45) is -4.28. The second-order valence-corrected chi connectivity index (χ2v) is 13.9. The number of benzene rings is 1. The molecule has 0 bridgehead atoms. The predicted octanol–water partition coefficient (Wildman–Crippen LogP) is 4.60. The van der Waals surface area contributed by atoms with Crippen molar-refractivity contribution in [2.75, 3.05) is 6.61 Å². The van der Waals surface area contributed by atoms with Gasteiger partial charge in [-0.2, -0.15) is 0 Å². The molecule has 0 radical (unpaired) electrons. The Balaban J connectivity index is 1.62. The van der Waals surface area contributed by atoms with Crippen LogP contribution in [-0.4, -0.2) is 44.4 Å². The Kier molecular flexibility index (Phi) is 7.56. The van der Waals surface area contributed by atoms with Gasteiger partial charge in [-0.05, 0) is 41.6 Å². The number of hydrogen-bond acceptors (Lipinski definition) is 9. The van der Waals surface area contributed by atoms with Gasteiger partial charge in [0.2, 0.25) is 0 Å². The molecule has 216 valence electrons. The molecule has 39 heavy (non-hydrogen) atoms. The van der Waals surface area contributed by atoms with Crippen molar-refractivity contribution in [3.05, 3.63) is 55.5 Å². The molecule has 0 aliphatic carbocycles. The van der Waals surface area contributed by atoms with Gasteiger partial charge in [-0.3, -0.25) is 23.4 Å². The third kappa shape index (κ3) is 5.50. The van der Waals surface area contributed by atoms with Crippen LogP contribution in [-0.2, 0) is 35.8 Å². The number of H-pyrrole nitrogens is 1. The molecule has 3 heterocycles. The number of phosphoric acid groups is 1. The number of aryl methyl sites for hydroxylation is 1. The van der Waals surface area contributed by atoms with Gasteiger partial charge in [-0.1, -0.05) is 41.5 Å². The average Bonchev–Trinajstić information content (AvgIpc) is 3.03. The molecule has 1 fully saturated rings. The van der Waals surface area contributed by atoms with Gasteiger partial charge in [0.25, 0.3) is 11.4 Å². The SMILES string of the molecule is Cc1cn([C@@H]2O[C@](F)(COP3(=O)OCc4c(F)c(C(C)(C)C)cc(C(C)(C)C)c4O3)[C@@H](O)[C@H]2O)c(=S)[nH]c1=O. The Morgan fingerprint density at radius 1 is 1.23 bits per heavy atom. The number of aliphatic hydroxyl groups excluding tert-OH is 2. The first-order valence-corrected chi connectivity index (χ1v) is 14.1. The Morgan fingerprint density at radius 2 is 1.85 bits per heavy atom. The van der Waals surface area contributed by atoms with Gasteiger partial charge in [0.15, 0.2) is 11.0 Å². The number of phosphoric ester groups is 1. The number of aliphatic hydroxyl groups is 2. The molecule has 14 heteroatoms. The lowest BCUT2D eigenvalue weighted by atomic mass is 9.78. The van der Waals surface area contributed by atoms with Crippen LogP contribution in [0.4, 0.5) is 8.78 Å². The molecule has 2 aliphatic rings.